The standard InChI is InChI=1S/CH2Cl3O3P/c2-1(3,4)8(5,6)7/h(H2,5,6,7)/p-1. The van der Waals surface area contributed by atoms with Crippen LogP contribution in [0.4, 0.5) is 0 Å². The lowest BCUT2D eigenvalue weighted by molar-refractivity contribution is -0.332. The van der Waals surface area contributed by atoms with E-state index in [4.69, 9.17) is 39.7 Å². The van der Waals surface area contributed by atoms with Crippen LogP contribution in [-0.2, 0) is 0 Å². The molecule has 0 unspecified atom stereocenters. The second-order valence-electron chi connectivity index (χ2n) is 0.988. The van der Waals surface area contributed by atoms with Crippen LogP contribution in [0.2, 0.25) is 0 Å². The number of hydrogen-bond acceptors (Lipinski definition) is 3. The summed E-state index contributed by atoms with van der Waals surface area (Å²) < 4.78 is -2.59. The summed E-state index contributed by atoms with van der Waals surface area (Å²) in [6, 6.07) is 0. The van der Waals surface area contributed by atoms with Gasteiger partial charge in [0.1, 0.15) is 7.94 Å². The molecule has 0 spiro atoms. The van der Waals surface area contributed by atoms with Crippen molar-refractivity contribution in [3.05, 3.63) is 0 Å². The first-order valence-electron chi connectivity index (χ1n) is 1.36. The van der Waals surface area contributed by atoms with Crippen molar-refractivity contribution in [2.75, 3.05) is 0 Å². The SMILES string of the molecule is [O-][P+]([O-])(O)C(Cl)(Cl)Cl. The minimum absolute atomic E-state index is 2.59. The zero-order chi connectivity index (χ0) is 7.00. The molecule has 3 nitrogen and oxygen atoms in total. The van der Waals surface area contributed by atoms with Crippen molar-refractivity contribution in [3.8, 4) is 0 Å². The summed E-state index contributed by atoms with van der Waals surface area (Å²) in [6.45, 7) is 0. The van der Waals surface area contributed by atoms with Crippen LogP contribution in [0, 0.1) is 0 Å². The monoisotopic (exact) mass is 197 g/mol. The largest absolute Gasteiger partial charge is 0.656 e. The number of rotatable bonds is 0. The van der Waals surface area contributed by atoms with Crippen LogP contribution in [0.25, 0.3) is 0 Å². The summed E-state index contributed by atoms with van der Waals surface area (Å²) in [6.07, 6.45) is 0. The van der Waals surface area contributed by atoms with Gasteiger partial charge in [0, 0.05) is 0 Å². The second kappa shape index (κ2) is 2.43. The average Bonchev–Trinajstić information content (AvgIpc) is 1.25. The molecule has 0 atom stereocenters. The predicted molar refractivity (Wildman–Crippen MR) is 29.4 cm³/mol. The molecule has 8 heavy (non-hydrogen) atoms. The van der Waals surface area contributed by atoms with Gasteiger partial charge in [-0.05, 0) is 34.8 Å². The minimum Gasteiger partial charge on any atom is -0.656 e. The molecule has 0 amide bonds. The highest BCUT2D eigenvalue weighted by molar-refractivity contribution is 7.64. The van der Waals surface area contributed by atoms with Gasteiger partial charge >= 0.3 is 3.53 Å². The van der Waals surface area contributed by atoms with Gasteiger partial charge in [-0.25, -0.2) is 0 Å². The Kier molecular flexibility index (Phi) is 2.79. The first-order chi connectivity index (χ1) is 3.25. The van der Waals surface area contributed by atoms with Crippen LogP contribution in [-0.4, -0.2) is 8.43 Å². The highest BCUT2D eigenvalue weighted by atomic mass is 35.6. The van der Waals surface area contributed by atoms with Gasteiger partial charge in [-0.2, -0.15) is 0 Å². The maximum atomic E-state index is 9.84. The fourth-order valence-corrected chi connectivity index (χ4v) is 0. The second-order valence-corrected chi connectivity index (χ2v) is 5.77. The normalized spacial score (nSPS) is 14.2. The van der Waals surface area contributed by atoms with E-state index in [1.54, 1.807) is 0 Å². The molecule has 0 rings (SSSR count). The van der Waals surface area contributed by atoms with Crippen molar-refractivity contribution in [1.29, 1.82) is 0 Å². The third-order valence-electron chi connectivity index (χ3n) is 0.320. The molecule has 0 aromatic rings. The fourth-order valence-electron chi connectivity index (χ4n) is 0. The predicted octanol–water partition coefficient (Wildman–Crippen LogP) is -0.210. The third kappa shape index (κ3) is 2.65. The van der Waals surface area contributed by atoms with Crippen molar-refractivity contribution >= 4 is 42.7 Å². The molecule has 1 N–H and O–H groups in total. The summed E-state index contributed by atoms with van der Waals surface area (Å²) in [4.78, 5) is 27.6. The molecular formula is CHCl3O3P-. The topological polar surface area (TPSA) is 66.3 Å². The van der Waals surface area contributed by atoms with E-state index < -0.39 is 11.5 Å². The Morgan fingerprint density at radius 2 is 1.38 bits per heavy atom. The zero-order valence-corrected chi connectivity index (χ0v) is 6.51. The zero-order valence-electron chi connectivity index (χ0n) is 3.34. The molecule has 0 aromatic carbocycles. The van der Waals surface area contributed by atoms with E-state index in [0.717, 1.165) is 0 Å². The highest BCUT2D eigenvalue weighted by Crippen LogP contribution is 2.58. The molecule has 0 aromatic heterocycles. The molecule has 7 heteroatoms. The summed E-state index contributed by atoms with van der Waals surface area (Å²) in [5.41, 5.74) is 0. The maximum absolute atomic E-state index is 9.84. The van der Waals surface area contributed by atoms with Crippen molar-refractivity contribution < 1.29 is 14.7 Å². The van der Waals surface area contributed by atoms with Gasteiger partial charge in [-0.15, -0.1) is 0 Å². The van der Waals surface area contributed by atoms with Crippen molar-refractivity contribution in [3.63, 3.8) is 0 Å². The number of halogens is 3. The van der Waals surface area contributed by atoms with Crippen LogP contribution >= 0.6 is 42.7 Å². The Morgan fingerprint density at radius 1 is 1.25 bits per heavy atom. The first-order valence-corrected chi connectivity index (χ1v) is 4.07. The van der Waals surface area contributed by atoms with E-state index in [1.165, 1.54) is 0 Å². The Bertz CT molecular complexity index is 69.5. The number of alkyl halides is 3. The van der Waals surface area contributed by atoms with E-state index in [2.05, 4.69) is 0 Å². The van der Waals surface area contributed by atoms with Crippen LogP contribution in [0.5, 0.6) is 0 Å². The molecule has 0 fully saturated rings. The smallest absolute Gasteiger partial charge is 0.316 e. The summed E-state index contributed by atoms with van der Waals surface area (Å²) in [5.74, 6) is 0. The van der Waals surface area contributed by atoms with Crippen LogP contribution < -0.4 is 9.79 Å². The maximum Gasteiger partial charge on any atom is 0.316 e. The molecule has 0 bridgehead atoms. The molecule has 0 saturated heterocycles. The average molecular weight is 198 g/mol. The van der Waals surface area contributed by atoms with Gasteiger partial charge in [0.15, 0.2) is 0 Å². The van der Waals surface area contributed by atoms with Crippen molar-refractivity contribution in [2.24, 2.45) is 0 Å². The van der Waals surface area contributed by atoms with Crippen LogP contribution in [0.3, 0.4) is 0 Å². The highest BCUT2D eigenvalue weighted by Gasteiger charge is 2.38. The van der Waals surface area contributed by atoms with E-state index in [1.807, 2.05) is 0 Å². The fraction of sp³-hybridized carbons (Fsp3) is 1.00. The van der Waals surface area contributed by atoms with Crippen LogP contribution in [0.1, 0.15) is 0 Å². The lowest BCUT2D eigenvalue weighted by atomic mass is 11.8. The molecule has 0 aliphatic rings. The van der Waals surface area contributed by atoms with Crippen molar-refractivity contribution in [1.82, 2.24) is 0 Å². The molecule has 50 valence electrons. The summed E-state index contributed by atoms with van der Waals surface area (Å²) in [7, 11) is -4.80. The summed E-state index contributed by atoms with van der Waals surface area (Å²) >= 11 is 14.1. The molecule has 0 aliphatic heterocycles. The van der Waals surface area contributed by atoms with Crippen LogP contribution in [0.15, 0.2) is 0 Å². The van der Waals surface area contributed by atoms with Gasteiger partial charge in [-0.3, -0.25) is 4.89 Å². The van der Waals surface area contributed by atoms with Gasteiger partial charge in [-0.1, -0.05) is 0 Å². The lowest BCUT2D eigenvalue weighted by Crippen LogP contribution is -2.31. The van der Waals surface area contributed by atoms with E-state index in [0.29, 0.717) is 0 Å². The molecular weight excluding hydrogens is 197 g/mol. The summed E-state index contributed by atoms with van der Waals surface area (Å²) in [5, 5.41) is 0. The van der Waals surface area contributed by atoms with E-state index in [9.17, 15) is 9.79 Å². The Balaban J connectivity index is 4.02. The quantitative estimate of drug-likeness (QED) is 0.432. The number of hydrogen-bond donors (Lipinski definition) is 1. The molecule has 0 saturated carbocycles. The van der Waals surface area contributed by atoms with Gasteiger partial charge < -0.3 is 9.79 Å². The lowest BCUT2D eigenvalue weighted by Gasteiger charge is -2.33. The third-order valence-corrected chi connectivity index (χ3v) is 2.88. The van der Waals surface area contributed by atoms with Crippen molar-refractivity contribution in [2.45, 2.75) is 3.53 Å². The van der Waals surface area contributed by atoms with E-state index in [-0.39, 0.29) is 0 Å². The first kappa shape index (κ1) is 9.18. The van der Waals surface area contributed by atoms with Gasteiger partial charge in [0.25, 0.3) is 0 Å². The van der Waals surface area contributed by atoms with Gasteiger partial charge in [0.05, 0.1) is 0 Å². The molecule has 0 aliphatic carbocycles. The van der Waals surface area contributed by atoms with Gasteiger partial charge in [0.2, 0.25) is 0 Å². The molecule has 0 heterocycles. The molecule has 0 radical (unpaired) electrons. The Morgan fingerprint density at radius 3 is 1.38 bits per heavy atom. The van der Waals surface area contributed by atoms with E-state index >= 15 is 0 Å². The Labute approximate surface area is 61.4 Å². The minimum atomic E-state index is -4.80. The Hall–Kier alpha value is 1.18.